The van der Waals surface area contributed by atoms with Gasteiger partial charge in [-0.2, -0.15) is 0 Å². The van der Waals surface area contributed by atoms with Crippen molar-refractivity contribution in [3.8, 4) is 0 Å². The maximum atomic E-state index is 6.10. The average Bonchev–Trinajstić information content (AvgIpc) is 1.94. The summed E-state index contributed by atoms with van der Waals surface area (Å²) in [6.07, 6.45) is 1.76. The predicted octanol–water partition coefficient (Wildman–Crippen LogP) is 2.44. The summed E-state index contributed by atoms with van der Waals surface area (Å²) in [6.45, 7) is 8.58. The molecule has 5 atom stereocenters. The summed E-state index contributed by atoms with van der Waals surface area (Å²) < 4.78 is 18.0. The molecule has 5 unspecified atom stereocenters. The predicted molar refractivity (Wildman–Crippen MR) is 54.3 cm³/mol. The summed E-state index contributed by atoms with van der Waals surface area (Å²) in [7, 11) is -0.196. The Morgan fingerprint density at radius 1 is 1.14 bits per heavy atom. The van der Waals surface area contributed by atoms with Crippen LogP contribution >= 0.6 is 7.92 Å². The molecule has 0 radical (unpaired) electrons. The monoisotopic (exact) mass is 216 g/mol. The highest BCUT2D eigenvalue weighted by atomic mass is 31.1. The van der Waals surface area contributed by atoms with Crippen molar-refractivity contribution in [2.75, 3.05) is 6.66 Å². The SMILES string of the molecule is CP1C2CC3(C)OC(C)(CC1(C)O3)O2. The van der Waals surface area contributed by atoms with Crippen LogP contribution in [-0.4, -0.2) is 29.4 Å². The smallest absolute Gasteiger partial charge is 0.172 e. The Morgan fingerprint density at radius 2 is 1.86 bits per heavy atom. The first kappa shape index (κ1) is 9.53. The highest BCUT2D eigenvalue weighted by molar-refractivity contribution is 7.59. The molecule has 4 heterocycles. The lowest BCUT2D eigenvalue weighted by atomic mass is 10.0. The number of rotatable bonds is 0. The van der Waals surface area contributed by atoms with Gasteiger partial charge in [0, 0.05) is 12.8 Å². The zero-order valence-electron chi connectivity index (χ0n) is 9.16. The molecule has 0 aliphatic carbocycles. The van der Waals surface area contributed by atoms with Crippen molar-refractivity contribution >= 4 is 7.92 Å². The number of hydrogen-bond acceptors (Lipinski definition) is 3. The first-order valence-corrected chi connectivity index (χ1v) is 7.01. The maximum absolute atomic E-state index is 6.10. The molecule has 0 aromatic carbocycles. The van der Waals surface area contributed by atoms with Gasteiger partial charge in [0.1, 0.15) is 0 Å². The molecule has 4 rings (SSSR count). The van der Waals surface area contributed by atoms with E-state index in [1.165, 1.54) is 0 Å². The third-order valence-electron chi connectivity index (χ3n) is 3.63. The number of ether oxygens (including phenoxy) is 3. The van der Waals surface area contributed by atoms with Crippen LogP contribution in [0.4, 0.5) is 0 Å². The molecular formula is C10H17O3P. The van der Waals surface area contributed by atoms with Crippen molar-refractivity contribution in [1.29, 1.82) is 0 Å². The Kier molecular flexibility index (Phi) is 1.60. The fourth-order valence-corrected chi connectivity index (χ4v) is 5.59. The van der Waals surface area contributed by atoms with E-state index < -0.39 is 11.6 Å². The minimum Gasteiger partial charge on any atom is -0.342 e. The van der Waals surface area contributed by atoms with Gasteiger partial charge in [0.25, 0.3) is 0 Å². The molecule has 4 aliphatic heterocycles. The van der Waals surface area contributed by atoms with Crippen molar-refractivity contribution in [3.63, 3.8) is 0 Å². The van der Waals surface area contributed by atoms with Crippen molar-refractivity contribution in [2.45, 2.75) is 56.4 Å². The second kappa shape index (κ2) is 2.35. The molecule has 4 heteroatoms. The van der Waals surface area contributed by atoms with Gasteiger partial charge in [0.15, 0.2) is 11.6 Å². The van der Waals surface area contributed by atoms with Gasteiger partial charge in [-0.3, -0.25) is 0 Å². The molecule has 4 saturated heterocycles. The molecule has 0 spiro atoms. The van der Waals surface area contributed by atoms with Crippen LogP contribution in [0.25, 0.3) is 0 Å². The van der Waals surface area contributed by atoms with Gasteiger partial charge in [-0.15, -0.1) is 0 Å². The fraction of sp³-hybridized carbons (Fsp3) is 1.00. The first-order chi connectivity index (χ1) is 6.34. The van der Waals surface area contributed by atoms with Crippen LogP contribution in [0.3, 0.4) is 0 Å². The molecule has 0 aromatic rings. The molecule has 0 saturated carbocycles. The summed E-state index contributed by atoms with van der Waals surface area (Å²) in [5.41, 5.74) is 0. The second-order valence-corrected chi connectivity index (χ2v) is 7.95. The van der Waals surface area contributed by atoms with E-state index in [1.807, 2.05) is 13.8 Å². The zero-order chi connectivity index (χ0) is 10.2. The molecular weight excluding hydrogens is 199 g/mol. The molecule has 4 bridgehead atoms. The van der Waals surface area contributed by atoms with E-state index >= 15 is 0 Å². The second-order valence-electron chi connectivity index (χ2n) is 5.21. The standard InChI is InChI=1S/C10H17O3P/c1-8-5-7-11-9(2,12-8)6-10(3,13-8)14(7)4/h7H,5-6H2,1-4H3. The van der Waals surface area contributed by atoms with E-state index in [1.54, 1.807) is 0 Å². The highest BCUT2D eigenvalue weighted by Crippen LogP contribution is 2.69. The summed E-state index contributed by atoms with van der Waals surface area (Å²) in [6, 6.07) is 0. The van der Waals surface area contributed by atoms with Crippen LogP contribution in [0.2, 0.25) is 0 Å². The molecule has 14 heavy (non-hydrogen) atoms. The largest absolute Gasteiger partial charge is 0.342 e. The lowest BCUT2D eigenvalue weighted by Gasteiger charge is -2.65. The van der Waals surface area contributed by atoms with E-state index in [-0.39, 0.29) is 13.3 Å². The van der Waals surface area contributed by atoms with Gasteiger partial charge in [-0.05, 0) is 35.4 Å². The Bertz CT molecular complexity index is 275. The third-order valence-corrected chi connectivity index (χ3v) is 6.52. The van der Waals surface area contributed by atoms with Crippen LogP contribution in [0.15, 0.2) is 0 Å². The van der Waals surface area contributed by atoms with E-state index in [9.17, 15) is 0 Å². The fourth-order valence-electron chi connectivity index (χ4n) is 3.12. The van der Waals surface area contributed by atoms with Gasteiger partial charge in [0.05, 0.1) is 11.2 Å². The topological polar surface area (TPSA) is 27.7 Å². The van der Waals surface area contributed by atoms with Crippen LogP contribution in [0.1, 0.15) is 33.6 Å². The summed E-state index contributed by atoms with van der Waals surface area (Å²) in [4.78, 5) is 0. The minimum atomic E-state index is -0.403. The van der Waals surface area contributed by atoms with Crippen molar-refractivity contribution in [3.05, 3.63) is 0 Å². The highest BCUT2D eigenvalue weighted by Gasteiger charge is 2.65. The Hall–Kier alpha value is 0.310. The Balaban J connectivity index is 2.06. The zero-order valence-corrected chi connectivity index (χ0v) is 10.1. The van der Waals surface area contributed by atoms with E-state index in [4.69, 9.17) is 14.2 Å². The summed E-state index contributed by atoms with van der Waals surface area (Å²) >= 11 is 0. The number of hydrogen-bond donors (Lipinski definition) is 0. The minimum absolute atomic E-state index is 0.00174. The van der Waals surface area contributed by atoms with Crippen LogP contribution < -0.4 is 0 Å². The quantitative estimate of drug-likeness (QED) is 0.582. The van der Waals surface area contributed by atoms with Crippen LogP contribution in [0.5, 0.6) is 0 Å². The van der Waals surface area contributed by atoms with Crippen molar-refractivity contribution in [2.24, 2.45) is 0 Å². The molecule has 4 aliphatic rings. The normalized spacial score (nSPS) is 66.0. The van der Waals surface area contributed by atoms with Crippen molar-refractivity contribution < 1.29 is 14.2 Å². The molecule has 0 aromatic heterocycles. The van der Waals surface area contributed by atoms with Crippen LogP contribution in [-0.2, 0) is 14.2 Å². The van der Waals surface area contributed by atoms with Crippen molar-refractivity contribution in [1.82, 2.24) is 0 Å². The Labute approximate surface area is 85.8 Å². The summed E-state index contributed by atoms with van der Waals surface area (Å²) in [5, 5.41) is -0.00174. The first-order valence-electron chi connectivity index (χ1n) is 5.15. The lowest BCUT2D eigenvalue weighted by Crippen LogP contribution is -2.67. The van der Waals surface area contributed by atoms with Gasteiger partial charge in [-0.1, -0.05) is 0 Å². The third kappa shape index (κ3) is 1.07. The van der Waals surface area contributed by atoms with Gasteiger partial charge in [-0.25, -0.2) is 0 Å². The summed E-state index contributed by atoms with van der Waals surface area (Å²) in [5.74, 6) is -0.444. The molecule has 0 N–H and O–H groups in total. The Morgan fingerprint density at radius 3 is 2.43 bits per heavy atom. The lowest BCUT2D eigenvalue weighted by molar-refractivity contribution is -0.453. The van der Waals surface area contributed by atoms with E-state index in [2.05, 4.69) is 13.6 Å². The van der Waals surface area contributed by atoms with Crippen LogP contribution in [0, 0.1) is 0 Å². The molecule has 0 amide bonds. The molecule has 80 valence electrons. The van der Waals surface area contributed by atoms with Gasteiger partial charge in [0.2, 0.25) is 0 Å². The van der Waals surface area contributed by atoms with Gasteiger partial charge >= 0.3 is 0 Å². The molecule has 3 nitrogen and oxygen atoms in total. The average molecular weight is 216 g/mol. The van der Waals surface area contributed by atoms with E-state index in [0.717, 1.165) is 12.8 Å². The van der Waals surface area contributed by atoms with E-state index in [0.29, 0.717) is 5.85 Å². The van der Waals surface area contributed by atoms with Gasteiger partial charge < -0.3 is 14.2 Å². The molecule has 4 fully saturated rings. The maximum Gasteiger partial charge on any atom is 0.172 e.